The molecule has 0 heterocycles. The molecule has 94 valence electrons. The first kappa shape index (κ1) is 13.9. The second kappa shape index (κ2) is 6.55. The minimum absolute atomic E-state index is 0.291. The van der Waals surface area contributed by atoms with Crippen LogP contribution in [0.3, 0.4) is 0 Å². The van der Waals surface area contributed by atoms with Gasteiger partial charge < -0.3 is 4.74 Å². The smallest absolute Gasteiger partial charge is 0.137 e. The van der Waals surface area contributed by atoms with Gasteiger partial charge in [-0.15, -0.1) is 0 Å². The molecule has 0 bridgehead atoms. The zero-order valence-electron chi connectivity index (χ0n) is 11.2. The number of carbonyl (C=O) groups is 1. The SMILES string of the molecule is COCC(C)CC(=O)Cc1cc(C)cc(C)c1. The van der Waals surface area contributed by atoms with Crippen molar-refractivity contribution in [2.45, 2.75) is 33.6 Å². The largest absolute Gasteiger partial charge is 0.384 e. The van der Waals surface area contributed by atoms with Gasteiger partial charge in [0.05, 0.1) is 0 Å². The van der Waals surface area contributed by atoms with Gasteiger partial charge in [-0.1, -0.05) is 36.2 Å². The minimum atomic E-state index is 0.291. The molecule has 0 aliphatic heterocycles. The molecule has 1 atom stereocenters. The predicted octanol–water partition coefficient (Wildman–Crippen LogP) is 3.09. The maximum atomic E-state index is 11.9. The molecule has 0 radical (unpaired) electrons. The number of Topliss-reactive ketones (excluding diaryl/α,β-unsaturated/α-hetero) is 1. The van der Waals surface area contributed by atoms with Gasteiger partial charge in [-0.3, -0.25) is 4.79 Å². The van der Waals surface area contributed by atoms with Crippen molar-refractivity contribution in [1.82, 2.24) is 0 Å². The standard InChI is InChI=1S/C15H22O2/c1-11-5-12(2)7-14(6-11)9-15(16)8-13(3)10-17-4/h5-7,13H,8-10H2,1-4H3. The summed E-state index contributed by atoms with van der Waals surface area (Å²) in [6, 6.07) is 6.30. The zero-order chi connectivity index (χ0) is 12.8. The number of ether oxygens (including phenoxy) is 1. The molecule has 0 aliphatic rings. The molecule has 2 heteroatoms. The van der Waals surface area contributed by atoms with Crippen LogP contribution < -0.4 is 0 Å². The molecular weight excluding hydrogens is 212 g/mol. The van der Waals surface area contributed by atoms with Gasteiger partial charge in [0.1, 0.15) is 5.78 Å². The van der Waals surface area contributed by atoms with E-state index >= 15 is 0 Å². The Morgan fingerprint density at radius 1 is 1.24 bits per heavy atom. The second-order valence-corrected chi connectivity index (χ2v) is 4.98. The third kappa shape index (κ3) is 5.14. The van der Waals surface area contributed by atoms with E-state index in [9.17, 15) is 4.79 Å². The number of methoxy groups -OCH3 is 1. The van der Waals surface area contributed by atoms with Crippen molar-refractivity contribution in [3.05, 3.63) is 34.9 Å². The van der Waals surface area contributed by atoms with Crippen LogP contribution in [0.1, 0.15) is 30.0 Å². The average molecular weight is 234 g/mol. The fourth-order valence-corrected chi connectivity index (χ4v) is 2.20. The molecule has 1 rings (SSSR count). The second-order valence-electron chi connectivity index (χ2n) is 4.98. The van der Waals surface area contributed by atoms with E-state index in [0.717, 1.165) is 5.56 Å². The lowest BCUT2D eigenvalue weighted by Gasteiger charge is -2.09. The molecule has 17 heavy (non-hydrogen) atoms. The molecule has 1 aromatic rings. The summed E-state index contributed by atoms with van der Waals surface area (Å²) < 4.78 is 5.04. The molecule has 2 nitrogen and oxygen atoms in total. The van der Waals surface area contributed by atoms with Gasteiger partial charge in [-0.05, 0) is 25.3 Å². The molecule has 0 amide bonds. The van der Waals surface area contributed by atoms with Gasteiger partial charge in [-0.25, -0.2) is 0 Å². The Morgan fingerprint density at radius 3 is 2.35 bits per heavy atom. The van der Waals surface area contributed by atoms with Crippen LogP contribution in [0.5, 0.6) is 0 Å². The van der Waals surface area contributed by atoms with E-state index < -0.39 is 0 Å². The first-order chi connectivity index (χ1) is 8.01. The summed E-state index contributed by atoms with van der Waals surface area (Å²) >= 11 is 0. The van der Waals surface area contributed by atoms with Crippen LogP contribution in [0.4, 0.5) is 0 Å². The summed E-state index contributed by atoms with van der Waals surface area (Å²) in [6.07, 6.45) is 1.14. The summed E-state index contributed by atoms with van der Waals surface area (Å²) in [6.45, 7) is 6.82. The Hall–Kier alpha value is -1.15. The Morgan fingerprint density at radius 2 is 1.82 bits per heavy atom. The summed E-state index contributed by atoms with van der Waals surface area (Å²) in [5.41, 5.74) is 3.56. The van der Waals surface area contributed by atoms with E-state index in [0.29, 0.717) is 31.1 Å². The fraction of sp³-hybridized carbons (Fsp3) is 0.533. The van der Waals surface area contributed by atoms with Crippen molar-refractivity contribution in [1.29, 1.82) is 0 Å². The third-order valence-electron chi connectivity index (χ3n) is 2.71. The monoisotopic (exact) mass is 234 g/mol. The molecule has 1 unspecified atom stereocenters. The molecular formula is C15H22O2. The van der Waals surface area contributed by atoms with Gasteiger partial charge in [0.2, 0.25) is 0 Å². The molecule has 0 saturated carbocycles. The Labute approximate surface area is 104 Å². The first-order valence-electron chi connectivity index (χ1n) is 6.09. The van der Waals surface area contributed by atoms with Gasteiger partial charge in [-0.2, -0.15) is 0 Å². The van der Waals surface area contributed by atoms with Crippen molar-refractivity contribution in [3.8, 4) is 0 Å². The molecule has 0 spiro atoms. The van der Waals surface area contributed by atoms with Gasteiger partial charge in [0.15, 0.2) is 0 Å². The van der Waals surface area contributed by atoms with Gasteiger partial charge in [0, 0.05) is 26.6 Å². The highest BCUT2D eigenvalue weighted by Crippen LogP contribution is 2.12. The molecule has 0 saturated heterocycles. The molecule has 0 N–H and O–H groups in total. The van der Waals surface area contributed by atoms with Crippen molar-refractivity contribution in [2.75, 3.05) is 13.7 Å². The van der Waals surface area contributed by atoms with Crippen molar-refractivity contribution >= 4 is 5.78 Å². The minimum Gasteiger partial charge on any atom is -0.384 e. The number of ketones is 1. The van der Waals surface area contributed by atoms with E-state index in [1.54, 1.807) is 7.11 Å². The van der Waals surface area contributed by atoms with Gasteiger partial charge >= 0.3 is 0 Å². The highest BCUT2D eigenvalue weighted by atomic mass is 16.5. The van der Waals surface area contributed by atoms with Crippen LogP contribution in [0, 0.1) is 19.8 Å². The van der Waals surface area contributed by atoms with E-state index in [1.165, 1.54) is 11.1 Å². The maximum Gasteiger partial charge on any atom is 0.137 e. The Bertz CT molecular complexity index is 362. The van der Waals surface area contributed by atoms with Crippen LogP contribution in [0.15, 0.2) is 18.2 Å². The van der Waals surface area contributed by atoms with Crippen LogP contribution in [0.2, 0.25) is 0 Å². The number of rotatable bonds is 6. The predicted molar refractivity (Wildman–Crippen MR) is 70.3 cm³/mol. The van der Waals surface area contributed by atoms with Crippen LogP contribution >= 0.6 is 0 Å². The van der Waals surface area contributed by atoms with Crippen molar-refractivity contribution in [2.24, 2.45) is 5.92 Å². The van der Waals surface area contributed by atoms with E-state index in [1.807, 2.05) is 6.92 Å². The van der Waals surface area contributed by atoms with Crippen LogP contribution in [-0.4, -0.2) is 19.5 Å². The maximum absolute atomic E-state index is 11.9. The summed E-state index contributed by atoms with van der Waals surface area (Å²) in [4.78, 5) is 11.9. The van der Waals surface area contributed by atoms with E-state index in [2.05, 4.69) is 32.0 Å². The molecule has 1 aromatic carbocycles. The van der Waals surface area contributed by atoms with Crippen LogP contribution in [0.25, 0.3) is 0 Å². The summed E-state index contributed by atoms with van der Waals surface area (Å²) in [7, 11) is 1.67. The summed E-state index contributed by atoms with van der Waals surface area (Å²) in [5, 5.41) is 0. The Kier molecular flexibility index (Phi) is 5.36. The Balaban J connectivity index is 2.56. The van der Waals surface area contributed by atoms with Crippen LogP contribution in [-0.2, 0) is 16.0 Å². The van der Waals surface area contributed by atoms with Crippen molar-refractivity contribution < 1.29 is 9.53 Å². The van der Waals surface area contributed by atoms with E-state index in [4.69, 9.17) is 4.74 Å². The number of hydrogen-bond donors (Lipinski definition) is 0. The quantitative estimate of drug-likeness (QED) is 0.756. The molecule has 0 fully saturated rings. The third-order valence-corrected chi connectivity index (χ3v) is 2.71. The highest BCUT2D eigenvalue weighted by Gasteiger charge is 2.10. The first-order valence-corrected chi connectivity index (χ1v) is 6.09. The number of carbonyl (C=O) groups excluding carboxylic acids is 1. The number of aryl methyl sites for hydroxylation is 2. The topological polar surface area (TPSA) is 26.3 Å². The normalized spacial score (nSPS) is 12.5. The average Bonchev–Trinajstić information content (AvgIpc) is 2.14. The summed E-state index contributed by atoms with van der Waals surface area (Å²) in [5.74, 6) is 0.595. The molecule has 0 aliphatic carbocycles. The highest BCUT2D eigenvalue weighted by molar-refractivity contribution is 5.81. The number of benzene rings is 1. The number of hydrogen-bond acceptors (Lipinski definition) is 2. The lowest BCUT2D eigenvalue weighted by Crippen LogP contribution is -2.12. The van der Waals surface area contributed by atoms with Crippen molar-refractivity contribution in [3.63, 3.8) is 0 Å². The molecule has 0 aromatic heterocycles. The van der Waals surface area contributed by atoms with Gasteiger partial charge in [0.25, 0.3) is 0 Å². The lowest BCUT2D eigenvalue weighted by molar-refractivity contribution is -0.119. The zero-order valence-corrected chi connectivity index (χ0v) is 11.2. The van der Waals surface area contributed by atoms with E-state index in [-0.39, 0.29) is 0 Å². The fourth-order valence-electron chi connectivity index (χ4n) is 2.20. The lowest BCUT2D eigenvalue weighted by atomic mass is 9.98.